The van der Waals surface area contributed by atoms with E-state index in [4.69, 9.17) is 0 Å². The molecule has 0 amide bonds. The molecule has 0 aliphatic heterocycles. The van der Waals surface area contributed by atoms with E-state index in [1.165, 1.54) is 12.1 Å². The second-order valence-corrected chi connectivity index (χ2v) is 4.18. The lowest BCUT2D eigenvalue weighted by molar-refractivity contribution is 0.585. The lowest BCUT2D eigenvalue weighted by atomic mass is 10.2. The van der Waals surface area contributed by atoms with Crippen molar-refractivity contribution in [1.29, 1.82) is 0 Å². The van der Waals surface area contributed by atoms with E-state index in [1.807, 2.05) is 24.4 Å². The SMILES string of the molecule is Fc1ccc(NCc2cnn3ccccc23)c(F)c1. The standard InChI is InChI=1S/C14H11F2N3/c15-11-4-5-13(12(16)7-11)17-8-10-9-18-19-6-2-1-3-14(10)19/h1-7,9,17H,8H2. The van der Waals surface area contributed by atoms with Crippen molar-refractivity contribution in [3.63, 3.8) is 0 Å². The number of rotatable bonds is 3. The van der Waals surface area contributed by atoms with Gasteiger partial charge in [0, 0.05) is 24.4 Å². The Balaban J connectivity index is 1.82. The molecule has 0 spiro atoms. The minimum Gasteiger partial charge on any atom is -0.378 e. The first-order valence-electron chi connectivity index (χ1n) is 5.84. The van der Waals surface area contributed by atoms with Gasteiger partial charge in [0.25, 0.3) is 0 Å². The smallest absolute Gasteiger partial charge is 0.149 e. The van der Waals surface area contributed by atoms with Crippen LogP contribution in [0.15, 0.2) is 48.8 Å². The Morgan fingerprint density at radius 3 is 2.89 bits per heavy atom. The first kappa shape index (κ1) is 11.6. The first-order valence-corrected chi connectivity index (χ1v) is 5.84. The topological polar surface area (TPSA) is 29.3 Å². The zero-order valence-corrected chi connectivity index (χ0v) is 9.98. The van der Waals surface area contributed by atoms with Crippen molar-refractivity contribution >= 4 is 11.2 Å². The average Bonchev–Trinajstić information content (AvgIpc) is 2.81. The highest BCUT2D eigenvalue weighted by atomic mass is 19.1. The average molecular weight is 259 g/mol. The summed E-state index contributed by atoms with van der Waals surface area (Å²) in [6, 6.07) is 9.21. The number of benzene rings is 1. The molecule has 2 heterocycles. The fraction of sp³-hybridized carbons (Fsp3) is 0.0714. The van der Waals surface area contributed by atoms with Crippen molar-refractivity contribution in [2.75, 3.05) is 5.32 Å². The molecule has 0 radical (unpaired) electrons. The molecular weight excluding hydrogens is 248 g/mol. The summed E-state index contributed by atoms with van der Waals surface area (Å²) in [6.45, 7) is 0.427. The van der Waals surface area contributed by atoms with Gasteiger partial charge in [-0.1, -0.05) is 6.07 Å². The molecule has 0 aliphatic rings. The molecule has 5 heteroatoms. The summed E-state index contributed by atoms with van der Waals surface area (Å²) >= 11 is 0. The second-order valence-electron chi connectivity index (χ2n) is 4.18. The normalized spacial score (nSPS) is 10.8. The summed E-state index contributed by atoms with van der Waals surface area (Å²) in [4.78, 5) is 0. The maximum Gasteiger partial charge on any atom is 0.149 e. The van der Waals surface area contributed by atoms with Crippen LogP contribution in [-0.2, 0) is 6.54 Å². The van der Waals surface area contributed by atoms with Crippen LogP contribution in [-0.4, -0.2) is 9.61 Å². The van der Waals surface area contributed by atoms with Crippen LogP contribution in [0.2, 0.25) is 0 Å². The molecule has 0 unspecified atom stereocenters. The molecule has 1 aromatic carbocycles. The predicted molar refractivity (Wildman–Crippen MR) is 68.9 cm³/mol. The van der Waals surface area contributed by atoms with Gasteiger partial charge >= 0.3 is 0 Å². The Bertz CT molecular complexity index is 722. The van der Waals surface area contributed by atoms with E-state index in [0.717, 1.165) is 17.1 Å². The van der Waals surface area contributed by atoms with Crippen molar-refractivity contribution in [3.8, 4) is 0 Å². The second kappa shape index (κ2) is 4.68. The summed E-state index contributed by atoms with van der Waals surface area (Å²) in [7, 11) is 0. The highest BCUT2D eigenvalue weighted by Gasteiger charge is 2.06. The molecule has 0 saturated carbocycles. The Morgan fingerprint density at radius 2 is 2.05 bits per heavy atom. The lowest BCUT2D eigenvalue weighted by Gasteiger charge is -2.06. The van der Waals surface area contributed by atoms with Crippen LogP contribution < -0.4 is 5.32 Å². The zero-order chi connectivity index (χ0) is 13.2. The zero-order valence-electron chi connectivity index (χ0n) is 9.98. The van der Waals surface area contributed by atoms with Crippen molar-refractivity contribution in [2.45, 2.75) is 6.54 Å². The van der Waals surface area contributed by atoms with Crippen molar-refractivity contribution in [1.82, 2.24) is 9.61 Å². The van der Waals surface area contributed by atoms with Crippen molar-refractivity contribution in [2.24, 2.45) is 0 Å². The maximum absolute atomic E-state index is 13.5. The molecule has 0 bridgehead atoms. The molecule has 3 nitrogen and oxygen atoms in total. The van der Waals surface area contributed by atoms with Crippen LogP contribution in [0.25, 0.3) is 5.52 Å². The van der Waals surface area contributed by atoms with Gasteiger partial charge in [-0.2, -0.15) is 5.10 Å². The molecule has 1 N–H and O–H groups in total. The Labute approximate surface area is 108 Å². The fourth-order valence-corrected chi connectivity index (χ4v) is 1.95. The molecule has 0 saturated heterocycles. The van der Waals surface area contributed by atoms with E-state index < -0.39 is 11.6 Å². The highest BCUT2D eigenvalue weighted by Crippen LogP contribution is 2.17. The molecule has 0 atom stereocenters. The summed E-state index contributed by atoms with van der Waals surface area (Å²) in [5.74, 6) is -1.18. The van der Waals surface area contributed by atoms with Gasteiger partial charge in [-0.15, -0.1) is 0 Å². The van der Waals surface area contributed by atoms with E-state index in [-0.39, 0.29) is 5.69 Å². The molecule has 0 fully saturated rings. The van der Waals surface area contributed by atoms with E-state index in [1.54, 1.807) is 10.7 Å². The predicted octanol–water partition coefficient (Wildman–Crippen LogP) is 3.22. The molecule has 96 valence electrons. The highest BCUT2D eigenvalue weighted by molar-refractivity contribution is 5.55. The number of anilines is 1. The number of aromatic nitrogens is 2. The van der Waals surface area contributed by atoms with Crippen LogP contribution in [0.5, 0.6) is 0 Å². The Morgan fingerprint density at radius 1 is 1.16 bits per heavy atom. The number of hydrogen-bond acceptors (Lipinski definition) is 2. The lowest BCUT2D eigenvalue weighted by Crippen LogP contribution is -2.01. The molecule has 19 heavy (non-hydrogen) atoms. The maximum atomic E-state index is 13.5. The largest absolute Gasteiger partial charge is 0.378 e. The molecule has 2 aromatic heterocycles. The fourth-order valence-electron chi connectivity index (χ4n) is 1.95. The van der Waals surface area contributed by atoms with E-state index in [0.29, 0.717) is 6.54 Å². The molecular formula is C14H11F2N3. The summed E-state index contributed by atoms with van der Waals surface area (Å²) in [5, 5.41) is 7.13. The summed E-state index contributed by atoms with van der Waals surface area (Å²) in [5.41, 5.74) is 2.18. The van der Waals surface area contributed by atoms with Gasteiger partial charge in [0.05, 0.1) is 17.4 Å². The van der Waals surface area contributed by atoms with Crippen LogP contribution in [0, 0.1) is 11.6 Å². The number of nitrogens with zero attached hydrogens (tertiary/aromatic N) is 2. The molecule has 3 rings (SSSR count). The van der Waals surface area contributed by atoms with E-state index in [2.05, 4.69) is 10.4 Å². The Kier molecular flexibility index (Phi) is 2.87. The third-order valence-electron chi connectivity index (χ3n) is 2.91. The van der Waals surface area contributed by atoms with Crippen molar-refractivity contribution < 1.29 is 8.78 Å². The molecule has 0 aliphatic carbocycles. The number of fused-ring (bicyclic) bond motifs is 1. The minimum absolute atomic E-state index is 0.275. The number of hydrogen-bond donors (Lipinski definition) is 1. The monoisotopic (exact) mass is 259 g/mol. The third kappa shape index (κ3) is 2.27. The first-order chi connectivity index (χ1) is 9.24. The van der Waals surface area contributed by atoms with Crippen LogP contribution in [0.1, 0.15) is 5.56 Å². The number of nitrogens with one attached hydrogen (secondary N) is 1. The van der Waals surface area contributed by atoms with Gasteiger partial charge in [0.1, 0.15) is 11.6 Å². The summed E-state index contributed by atoms with van der Waals surface area (Å²) in [6.07, 6.45) is 3.57. The minimum atomic E-state index is -0.600. The molecule has 3 aromatic rings. The Hall–Kier alpha value is -2.43. The number of pyridine rings is 1. The van der Waals surface area contributed by atoms with Gasteiger partial charge in [-0.05, 0) is 24.3 Å². The van der Waals surface area contributed by atoms with Gasteiger partial charge < -0.3 is 5.32 Å². The van der Waals surface area contributed by atoms with E-state index in [9.17, 15) is 8.78 Å². The quantitative estimate of drug-likeness (QED) is 0.782. The summed E-state index contributed by atoms with van der Waals surface area (Å²) < 4.78 is 28.0. The van der Waals surface area contributed by atoms with Gasteiger partial charge in [0.2, 0.25) is 0 Å². The van der Waals surface area contributed by atoms with Crippen molar-refractivity contribution in [3.05, 3.63) is 66.0 Å². The van der Waals surface area contributed by atoms with Crippen LogP contribution >= 0.6 is 0 Å². The van der Waals surface area contributed by atoms with Crippen LogP contribution in [0.3, 0.4) is 0 Å². The third-order valence-corrected chi connectivity index (χ3v) is 2.91. The van der Waals surface area contributed by atoms with Gasteiger partial charge in [-0.25, -0.2) is 13.3 Å². The van der Waals surface area contributed by atoms with Crippen LogP contribution in [0.4, 0.5) is 14.5 Å². The van der Waals surface area contributed by atoms with Gasteiger partial charge in [0.15, 0.2) is 0 Å². The van der Waals surface area contributed by atoms with E-state index >= 15 is 0 Å². The van der Waals surface area contributed by atoms with Gasteiger partial charge in [-0.3, -0.25) is 0 Å². The number of halogens is 2.